The van der Waals surface area contributed by atoms with Crippen molar-refractivity contribution < 1.29 is 9.21 Å². The maximum atomic E-state index is 12.4. The summed E-state index contributed by atoms with van der Waals surface area (Å²) in [5, 5.41) is 0. The van der Waals surface area contributed by atoms with Crippen LogP contribution in [0.25, 0.3) is 0 Å². The Morgan fingerprint density at radius 3 is 2.90 bits per heavy atom. The van der Waals surface area contributed by atoms with Crippen LogP contribution in [0.15, 0.2) is 41.7 Å². The molecule has 0 N–H and O–H groups in total. The van der Waals surface area contributed by atoms with Gasteiger partial charge in [-0.2, -0.15) is 0 Å². The Morgan fingerprint density at radius 1 is 1.29 bits per heavy atom. The van der Waals surface area contributed by atoms with Crippen molar-refractivity contribution in [1.82, 2.24) is 14.9 Å². The van der Waals surface area contributed by atoms with Crippen LogP contribution >= 0.6 is 0 Å². The molecule has 0 radical (unpaired) electrons. The minimum Gasteiger partial charge on any atom is -0.472 e. The summed E-state index contributed by atoms with van der Waals surface area (Å²) < 4.78 is 5.13. The minimum absolute atomic E-state index is 0.164. The molecule has 21 heavy (non-hydrogen) atoms. The fourth-order valence-corrected chi connectivity index (χ4v) is 3.49. The molecule has 6 nitrogen and oxygen atoms in total. The van der Waals surface area contributed by atoms with Crippen molar-refractivity contribution in [2.45, 2.75) is 31.5 Å². The van der Waals surface area contributed by atoms with E-state index >= 15 is 0 Å². The van der Waals surface area contributed by atoms with E-state index in [0.717, 1.165) is 30.8 Å². The lowest BCUT2D eigenvalue weighted by atomic mass is 10.1. The molecule has 4 heterocycles. The quantitative estimate of drug-likeness (QED) is 0.853. The molecule has 108 valence electrons. The molecule has 1 amide bonds. The number of nitrogens with zero attached hydrogens (tertiary/aromatic N) is 4. The van der Waals surface area contributed by atoms with E-state index in [4.69, 9.17) is 4.42 Å². The highest BCUT2D eigenvalue weighted by atomic mass is 16.3. The predicted octanol–water partition coefficient (Wildman–Crippen LogP) is 1.45. The Labute approximate surface area is 122 Å². The first-order valence-electron chi connectivity index (χ1n) is 7.15. The summed E-state index contributed by atoms with van der Waals surface area (Å²) >= 11 is 0. The molecule has 0 aliphatic carbocycles. The van der Waals surface area contributed by atoms with Crippen LogP contribution in [0.1, 0.15) is 18.4 Å². The van der Waals surface area contributed by atoms with Gasteiger partial charge in [0.05, 0.1) is 36.6 Å². The summed E-state index contributed by atoms with van der Waals surface area (Å²) in [6.45, 7) is 1.84. The highest BCUT2D eigenvalue weighted by molar-refractivity contribution is 5.97. The average molecular weight is 284 g/mol. The molecule has 6 heteroatoms. The zero-order chi connectivity index (χ0) is 14.2. The van der Waals surface area contributed by atoms with Crippen LogP contribution in [-0.4, -0.2) is 39.4 Å². The standard InChI is InChI=1S/C15H16N4O2/c20-15-5-14-13(19(15)12-6-16-10-17-7-12)1-3-18(14)8-11-2-4-21-9-11/h2,4,6-7,9-10,13-14H,1,3,5,8H2/t13-,14-/m0/s1. The maximum Gasteiger partial charge on any atom is 0.229 e. The third-order valence-corrected chi connectivity index (χ3v) is 4.40. The smallest absolute Gasteiger partial charge is 0.229 e. The second kappa shape index (κ2) is 4.96. The lowest BCUT2D eigenvalue weighted by Crippen LogP contribution is -2.37. The van der Waals surface area contributed by atoms with E-state index in [1.165, 1.54) is 6.33 Å². The largest absolute Gasteiger partial charge is 0.472 e. The lowest BCUT2D eigenvalue weighted by Gasteiger charge is -2.24. The van der Waals surface area contributed by atoms with Gasteiger partial charge in [-0.1, -0.05) is 0 Å². The van der Waals surface area contributed by atoms with E-state index in [1.54, 1.807) is 24.9 Å². The Bertz CT molecular complexity index is 628. The molecule has 2 aliphatic rings. The first-order chi connectivity index (χ1) is 10.3. The highest BCUT2D eigenvalue weighted by Crippen LogP contribution is 2.36. The number of carbonyl (C=O) groups is 1. The van der Waals surface area contributed by atoms with Gasteiger partial charge < -0.3 is 9.32 Å². The number of aromatic nitrogens is 2. The number of fused-ring (bicyclic) bond motifs is 1. The van der Waals surface area contributed by atoms with Crippen LogP contribution < -0.4 is 4.90 Å². The zero-order valence-electron chi connectivity index (χ0n) is 11.6. The van der Waals surface area contributed by atoms with Crippen LogP contribution in [0.2, 0.25) is 0 Å². The van der Waals surface area contributed by atoms with E-state index in [-0.39, 0.29) is 18.0 Å². The van der Waals surface area contributed by atoms with Crippen LogP contribution in [0.4, 0.5) is 5.69 Å². The molecule has 2 fully saturated rings. The van der Waals surface area contributed by atoms with Crippen LogP contribution in [-0.2, 0) is 11.3 Å². The normalized spacial score (nSPS) is 25.5. The molecule has 0 spiro atoms. The number of furan rings is 1. The monoisotopic (exact) mass is 284 g/mol. The summed E-state index contributed by atoms with van der Waals surface area (Å²) in [5.74, 6) is 0.164. The number of rotatable bonds is 3. The number of likely N-dealkylation sites (tertiary alicyclic amines) is 1. The van der Waals surface area contributed by atoms with Crippen molar-refractivity contribution in [1.29, 1.82) is 0 Å². The van der Waals surface area contributed by atoms with Gasteiger partial charge >= 0.3 is 0 Å². The molecular formula is C15H16N4O2. The SMILES string of the molecule is O=C1C[C@H]2[C@H](CCN2Cc2ccoc2)N1c1cncnc1. The predicted molar refractivity (Wildman–Crippen MR) is 75.4 cm³/mol. The number of amides is 1. The van der Waals surface area contributed by atoms with Crippen molar-refractivity contribution in [2.75, 3.05) is 11.4 Å². The van der Waals surface area contributed by atoms with Crippen molar-refractivity contribution in [3.05, 3.63) is 42.9 Å². The molecule has 2 aliphatic heterocycles. The van der Waals surface area contributed by atoms with Crippen molar-refractivity contribution in [3.8, 4) is 0 Å². The van der Waals surface area contributed by atoms with Gasteiger partial charge in [-0.25, -0.2) is 9.97 Å². The van der Waals surface area contributed by atoms with Crippen LogP contribution in [0, 0.1) is 0 Å². The minimum atomic E-state index is 0.164. The molecule has 2 aromatic rings. The molecule has 2 atom stereocenters. The topological polar surface area (TPSA) is 62.5 Å². The number of anilines is 1. The zero-order valence-corrected chi connectivity index (χ0v) is 11.6. The Morgan fingerprint density at radius 2 is 2.14 bits per heavy atom. The fraction of sp³-hybridized carbons (Fsp3) is 0.400. The molecule has 2 aromatic heterocycles. The van der Waals surface area contributed by atoms with Gasteiger partial charge in [0.1, 0.15) is 6.33 Å². The van der Waals surface area contributed by atoms with E-state index in [1.807, 2.05) is 11.0 Å². The second-order valence-corrected chi connectivity index (χ2v) is 5.59. The lowest BCUT2D eigenvalue weighted by molar-refractivity contribution is -0.117. The highest BCUT2D eigenvalue weighted by Gasteiger charge is 2.47. The van der Waals surface area contributed by atoms with E-state index in [0.29, 0.717) is 6.42 Å². The molecule has 4 rings (SSSR count). The molecule has 2 saturated heterocycles. The van der Waals surface area contributed by atoms with Crippen LogP contribution in [0.5, 0.6) is 0 Å². The van der Waals surface area contributed by atoms with Crippen molar-refractivity contribution >= 4 is 11.6 Å². The van der Waals surface area contributed by atoms with E-state index < -0.39 is 0 Å². The summed E-state index contributed by atoms with van der Waals surface area (Å²) in [4.78, 5) is 24.7. The first kappa shape index (κ1) is 12.5. The maximum absolute atomic E-state index is 12.4. The first-order valence-corrected chi connectivity index (χ1v) is 7.15. The van der Waals surface area contributed by atoms with Gasteiger partial charge in [-0.15, -0.1) is 0 Å². The Balaban J connectivity index is 1.55. The molecule has 0 bridgehead atoms. The number of hydrogen-bond acceptors (Lipinski definition) is 5. The molecule has 0 saturated carbocycles. The van der Waals surface area contributed by atoms with Gasteiger partial charge in [0.25, 0.3) is 0 Å². The summed E-state index contributed by atoms with van der Waals surface area (Å²) in [6.07, 6.45) is 9.93. The summed E-state index contributed by atoms with van der Waals surface area (Å²) in [7, 11) is 0. The molecular weight excluding hydrogens is 268 g/mol. The van der Waals surface area contributed by atoms with Gasteiger partial charge in [-0.05, 0) is 12.5 Å². The third kappa shape index (κ3) is 2.12. The van der Waals surface area contributed by atoms with Gasteiger partial charge in [0.15, 0.2) is 0 Å². The fourth-order valence-electron chi connectivity index (χ4n) is 3.49. The van der Waals surface area contributed by atoms with E-state index in [9.17, 15) is 4.79 Å². The molecule has 0 aromatic carbocycles. The summed E-state index contributed by atoms with van der Waals surface area (Å²) in [5.41, 5.74) is 1.96. The Kier molecular flexibility index (Phi) is 2.96. The van der Waals surface area contributed by atoms with Gasteiger partial charge in [-0.3, -0.25) is 9.69 Å². The van der Waals surface area contributed by atoms with Crippen molar-refractivity contribution in [3.63, 3.8) is 0 Å². The molecule has 0 unspecified atom stereocenters. The van der Waals surface area contributed by atoms with Crippen molar-refractivity contribution in [2.24, 2.45) is 0 Å². The number of hydrogen-bond donors (Lipinski definition) is 0. The Hall–Kier alpha value is -2.21. The third-order valence-electron chi connectivity index (χ3n) is 4.40. The van der Waals surface area contributed by atoms with Gasteiger partial charge in [0, 0.05) is 31.1 Å². The van der Waals surface area contributed by atoms with E-state index in [2.05, 4.69) is 14.9 Å². The second-order valence-electron chi connectivity index (χ2n) is 5.59. The summed E-state index contributed by atoms with van der Waals surface area (Å²) in [6, 6.07) is 2.48. The van der Waals surface area contributed by atoms with Crippen LogP contribution in [0.3, 0.4) is 0 Å². The average Bonchev–Trinajstić information content (AvgIpc) is 3.19. The number of carbonyl (C=O) groups excluding carboxylic acids is 1. The van der Waals surface area contributed by atoms with Gasteiger partial charge in [0.2, 0.25) is 5.91 Å².